The summed E-state index contributed by atoms with van der Waals surface area (Å²) in [4.78, 5) is 11.3. The van der Waals surface area contributed by atoms with Gasteiger partial charge in [0.1, 0.15) is 18.1 Å². The van der Waals surface area contributed by atoms with Gasteiger partial charge in [0.15, 0.2) is 0 Å². The van der Waals surface area contributed by atoms with Crippen molar-refractivity contribution in [3.63, 3.8) is 0 Å². The second kappa shape index (κ2) is 3.76. The van der Waals surface area contributed by atoms with E-state index in [1.54, 1.807) is 19.9 Å². The molecule has 0 aromatic carbocycles. The van der Waals surface area contributed by atoms with Gasteiger partial charge in [-0.1, -0.05) is 0 Å². The lowest BCUT2D eigenvalue weighted by Crippen LogP contribution is -2.30. The smallest absolute Gasteiger partial charge is 0.255 e. The van der Waals surface area contributed by atoms with E-state index in [0.29, 0.717) is 11.3 Å². The standard InChI is InChI=1S/C9H10N2O2/c1-6(4-10)11-9(12)8-3-7(2)13-5-8/h3,5-6H,1-2H3,(H,11,12)/t6-/m1/s1. The van der Waals surface area contributed by atoms with E-state index in [1.165, 1.54) is 6.26 Å². The van der Waals surface area contributed by atoms with Crippen molar-refractivity contribution < 1.29 is 9.21 Å². The molecule has 0 aliphatic carbocycles. The normalized spacial score (nSPS) is 11.8. The first-order valence-electron chi connectivity index (χ1n) is 3.89. The van der Waals surface area contributed by atoms with Crippen molar-refractivity contribution in [1.29, 1.82) is 5.26 Å². The van der Waals surface area contributed by atoms with Gasteiger partial charge in [-0.3, -0.25) is 4.79 Å². The van der Waals surface area contributed by atoms with Gasteiger partial charge in [0.2, 0.25) is 0 Å². The number of hydrogen-bond acceptors (Lipinski definition) is 3. The van der Waals surface area contributed by atoms with E-state index in [9.17, 15) is 4.79 Å². The van der Waals surface area contributed by atoms with Gasteiger partial charge < -0.3 is 9.73 Å². The van der Waals surface area contributed by atoms with Crippen molar-refractivity contribution >= 4 is 5.91 Å². The van der Waals surface area contributed by atoms with Crippen LogP contribution in [0.5, 0.6) is 0 Å². The number of nitrogens with one attached hydrogen (secondary N) is 1. The van der Waals surface area contributed by atoms with Crippen LogP contribution in [0.3, 0.4) is 0 Å². The van der Waals surface area contributed by atoms with Crippen LogP contribution in [0, 0.1) is 18.3 Å². The molecule has 0 saturated heterocycles. The van der Waals surface area contributed by atoms with E-state index in [-0.39, 0.29) is 5.91 Å². The SMILES string of the molecule is Cc1cc(C(=O)N[C@H](C)C#N)co1. The van der Waals surface area contributed by atoms with Gasteiger partial charge in [0, 0.05) is 0 Å². The van der Waals surface area contributed by atoms with Crippen molar-refractivity contribution in [2.45, 2.75) is 19.9 Å². The Morgan fingerprint density at radius 3 is 2.92 bits per heavy atom. The lowest BCUT2D eigenvalue weighted by molar-refractivity contribution is 0.0947. The Balaban J connectivity index is 2.65. The fourth-order valence-electron chi connectivity index (χ4n) is 0.875. The molecule has 4 nitrogen and oxygen atoms in total. The maximum absolute atomic E-state index is 11.3. The first-order chi connectivity index (χ1) is 6.13. The molecule has 1 N–H and O–H groups in total. The second-order valence-corrected chi connectivity index (χ2v) is 2.77. The minimum atomic E-state index is -0.484. The van der Waals surface area contributed by atoms with E-state index in [0.717, 1.165) is 0 Å². The topological polar surface area (TPSA) is 66.0 Å². The number of nitrogens with zero attached hydrogens (tertiary/aromatic N) is 1. The van der Waals surface area contributed by atoms with E-state index in [1.807, 2.05) is 6.07 Å². The van der Waals surface area contributed by atoms with Crippen LogP contribution >= 0.6 is 0 Å². The number of aryl methyl sites for hydroxylation is 1. The first kappa shape index (κ1) is 9.33. The molecule has 0 spiro atoms. The van der Waals surface area contributed by atoms with Gasteiger partial charge in [0.25, 0.3) is 5.91 Å². The summed E-state index contributed by atoms with van der Waals surface area (Å²) in [5, 5.41) is 10.9. The average Bonchev–Trinajstić information content (AvgIpc) is 2.51. The molecule has 0 radical (unpaired) electrons. The molecule has 68 valence electrons. The third-order valence-corrected chi connectivity index (χ3v) is 1.53. The van der Waals surface area contributed by atoms with Crippen LogP contribution < -0.4 is 5.32 Å². The number of carbonyl (C=O) groups excluding carboxylic acids is 1. The third-order valence-electron chi connectivity index (χ3n) is 1.53. The molecular formula is C9H10N2O2. The Hall–Kier alpha value is -1.76. The highest BCUT2D eigenvalue weighted by molar-refractivity contribution is 5.94. The fourth-order valence-corrected chi connectivity index (χ4v) is 0.875. The third kappa shape index (κ3) is 2.34. The Bertz CT molecular complexity index is 349. The molecule has 0 fully saturated rings. The fraction of sp³-hybridized carbons (Fsp3) is 0.333. The quantitative estimate of drug-likeness (QED) is 0.740. The van der Waals surface area contributed by atoms with Crippen LogP contribution in [0.15, 0.2) is 16.7 Å². The highest BCUT2D eigenvalue weighted by Crippen LogP contribution is 2.05. The van der Waals surface area contributed by atoms with E-state index < -0.39 is 6.04 Å². The van der Waals surface area contributed by atoms with Gasteiger partial charge in [0.05, 0.1) is 11.6 Å². The summed E-state index contributed by atoms with van der Waals surface area (Å²) < 4.78 is 4.96. The van der Waals surface area contributed by atoms with Crippen molar-refractivity contribution in [1.82, 2.24) is 5.32 Å². The lowest BCUT2D eigenvalue weighted by Gasteiger charge is -2.02. The number of nitriles is 1. The lowest BCUT2D eigenvalue weighted by atomic mass is 10.2. The van der Waals surface area contributed by atoms with E-state index in [4.69, 9.17) is 9.68 Å². The van der Waals surface area contributed by atoms with Crippen molar-refractivity contribution in [3.8, 4) is 6.07 Å². The molecule has 0 bridgehead atoms. The number of hydrogen-bond donors (Lipinski definition) is 1. The number of amides is 1. The van der Waals surface area contributed by atoms with Crippen molar-refractivity contribution in [2.24, 2.45) is 0 Å². The molecule has 0 aliphatic heterocycles. The molecule has 0 aliphatic rings. The average molecular weight is 178 g/mol. The van der Waals surface area contributed by atoms with Gasteiger partial charge in [-0.2, -0.15) is 5.26 Å². The maximum Gasteiger partial charge on any atom is 0.255 e. The van der Waals surface area contributed by atoms with Crippen LogP contribution in [0.25, 0.3) is 0 Å². The van der Waals surface area contributed by atoms with E-state index in [2.05, 4.69) is 5.32 Å². The zero-order valence-electron chi connectivity index (χ0n) is 7.50. The van der Waals surface area contributed by atoms with E-state index >= 15 is 0 Å². The molecule has 4 heteroatoms. The summed E-state index contributed by atoms with van der Waals surface area (Å²) in [6, 6.07) is 3.05. The number of rotatable bonds is 2. The number of furan rings is 1. The van der Waals surface area contributed by atoms with Crippen molar-refractivity contribution in [3.05, 3.63) is 23.7 Å². The highest BCUT2D eigenvalue weighted by atomic mass is 16.3. The highest BCUT2D eigenvalue weighted by Gasteiger charge is 2.10. The van der Waals surface area contributed by atoms with Crippen LogP contribution in [-0.4, -0.2) is 11.9 Å². The predicted octanol–water partition coefficient (Wildman–Crippen LogP) is 1.23. The first-order valence-corrected chi connectivity index (χ1v) is 3.89. The zero-order chi connectivity index (χ0) is 9.84. The van der Waals surface area contributed by atoms with Gasteiger partial charge >= 0.3 is 0 Å². The molecule has 1 atom stereocenters. The Morgan fingerprint density at radius 1 is 1.77 bits per heavy atom. The molecule has 1 aromatic rings. The molecule has 0 unspecified atom stereocenters. The molecule has 13 heavy (non-hydrogen) atoms. The zero-order valence-corrected chi connectivity index (χ0v) is 7.50. The van der Waals surface area contributed by atoms with Crippen LogP contribution in [0.4, 0.5) is 0 Å². The largest absolute Gasteiger partial charge is 0.469 e. The van der Waals surface area contributed by atoms with Gasteiger partial charge in [-0.05, 0) is 19.9 Å². The molecule has 1 rings (SSSR count). The second-order valence-electron chi connectivity index (χ2n) is 2.77. The molecular weight excluding hydrogens is 168 g/mol. The van der Waals surface area contributed by atoms with Crippen LogP contribution in [0.1, 0.15) is 23.0 Å². The summed E-state index contributed by atoms with van der Waals surface area (Å²) >= 11 is 0. The Kier molecular flexibility index (Phi) is 2.70. The summed E-state index contributed by atoms with van der Waals surface area (Å²) in [7, 11) is 0. The Labute approximate surface area is 76.2 Å². The summed E-state index contributed by atoms with van der Waals surface area (Å²) in [6.45, 7) is 3.37. The number of carbonyl (C=O) groups is 1. The summed E-state index contributed by atoms with van der Waals surface area (Å²) in [5.74, 6) is 0.390. The van der Waals surface area contributed by atoms with Gasteiger partial charge in [-0.15, -0.1) is 0 Å². The molecule has 1 aromatic heterocycles. The monoisotopic (exact) mass is 178 g/mol. The minimum absolute atomic E-state index is 0.286. The molecule has 0 saturated carbocycles. The maximum atomic E-state index is 11.3. The Morgan fingerprint density at radius 2 is 2.46 bits per heavy atom. The van der Waals surface area contributed by atoms with Crippen molar-refractivity contribution in [2.75, 3.05) is 0 Å². The van der Waals surface area contributed by atoms with Crippen LogP contribution in [-0.2, 0) is 0 Å². The summed E-state index contributed by atoms with van der Waals surface area (Å²) in [6.07, 6.45) is 1.37. The van der Waals surface area contributed by atoms with Gasteiger partial charge in [-0.25, -0.2) is 0 Å². The minimum Gasteiger partial charge on any atom is -0.469 e. The molecule has 1 heterocycles. The van der Waals surface area contributed by atoms with Crippen LogP contribution in [0.2, 0.25) is 0 Å². The summed E-state index contributed by atoms with van der Waals surface area (Å²) in [5.41, 5.74) is 0.444. The predicted molar refractivity (Wildman–Crippen MR) is 46.0 cm³/mol. The molecule has 1 amide bonds.